The van der Waals surface area contributed by atoms with Crippen molar-refractivity contribution < 1.29 is 0 Å². The number of nitrogens with one attached hydrogen (secondary N) is 2. The summed E-state index contributed by atoms with van der Waals surface area (Å²) in [6.45, 7) is 10.9. The highest BCUT2D eigenvalue weighted by atomic mass is 15.2. The highest BCUT2D eigenvalue weighted by Gasteiger charge is 2.46. The molecule has 3 aliphatic rings. The second-order valence-corrected chi connectivity index (χ2v) is 9.66. The lowest BCUT2D eigenvalue weighted by Crippen LogP contribution is -2.43. The molecular formula is C25H35N5. The molecule has 1 saturated heterocycles. The van der Waals surface area contributed by atoms with Crippen molar-refractivity contribution in [1.29, 1.82) is 0 Å². The molecule has 1 atom stereocenters. The lowest BCUT2D eigenvalue weighted by Gasteiger charge is -2.36. The summed E-state index contributed by atoms with van der Waals surface area (Å²) < 4.78 is 0. The van der Waals surface area contributed by atoms with Gasteiger partial charge in [-0.15, -0.1) is 0 Å². The van der Waals surface area contributed by atoms with Gasteiger partial charge in [0.1, 0.15) is 12.1 Å². The van der Waals surface area contributed by atoms with E-state index in [1.165, 1.54) is 54.0 Å². The van der Waals surface area contributed by atoms with Crippen LogP contribution in [0.25, 0.3) is 0 Å². The standard InChI is InChI=1S/C25H35N5/c1-4-18-8-9-20-22(18)24(29-16-28-20)30-15-25(10-12-26-13-11-25)23-19(14-27-17(2)3)6-5-7-21(23)30/h5-7,16-18,26-27H,4,8-15H2,1-3H3. The molecule has 1 spiro atoms. The first kappa shape index (κ1) is 20.0. The number of rotatable bonds is 5. The van der Waals surface area contributed by atoms with Crippen LogP contribution in [0.4, 0.5) is 11.5 Å². The number of benzene rings is 1. The van der Waals surface area contributed by atoms with E-state index in [4.69, 9.17) is 4.98 Å². The fourth-order valence-corrected chi connectivity index (χ4v) is 5.97. The van der Waals surface area contributed by atoms with E-state index in [9.17, 15) is 0 Å². The highest BCUT2D eigenvalue weighted by Crippen LogP contribution is 2.52. The second-order valence-electron chi connectivity index (χ2n) is 9.66. The average molecular weight is 406 g/mol. The second kappa shape index (κ2) is 7.93. The average Bonchev–Trinajstić information content (AvgIpc) is 3.33. The van der Waals surface area contributed by atoms with Crippen LogP contribution in [0.15, 0.2) is 24.5 Å². The molecule has 0 radical (unpaired) electrons. The SMILES string of the molecule is CCC1CCc2ncnc(N3CC4(CCNCC4)c4c(CNC(C)C)cccc43)c21. The summed E-state index contributed by atoms with van der Waals surface area (Å²) in [5.41, 5.74) is 7.32. The van der Waals surface area contributed by atoms with Gasteiger partial charge in [0.25, 0.3) is 0 Å². The van der Waals surface area contributed by atoms with Gasteiger partial charge in [0.2, 0.25) is 0 Å². The molecule has 160 valence electrons. The molecule has 0 bridgehead atoms. The maximum absolute atomic E-state index is 4.89. The summed E-state index contributed by atoms with van der Waals surface area (Å²) in [4.78, 5) is 12.1. The van der Waals surface area contributed by atoms with Gasteiger partial charge < -0.3 is 15.5 Å². The van der Waals surface area contributed by atoms with Gasteiger partial charge in [-0.25, -0.2) is 9.97 Å². The molecule has 2 N–H and O–H groups in total. The van der Waals surface area contributed by atoms with Gasteiger partial charge in [0.05, 0.1) is 0 Å². The van der Waals surface area contributed by atoms with Gasteiger partial charge in [0, 0.05) is 41.5 Å². The minimum Gasteiger partial charge on any atom is -0.325 e. The summed E-state index contributed by atoms with van der Waals surface area (Å²) in [6.07, 6.45) is 7.66. The zero-order valence-electron chi connectivity index (χ0n) is 18.7. The third kappa shape index (κ3) is 3.23. The number of hydrogen-bond donors (Lipinski definition) is 2. The van der Waals surface area contributed by atoms with E-state index in [1.807, 2.05) is 0 Å². The van der Waals surface area contributed by atoms with Crippen molar-refractivity contribution in [2.24, 2.45) is 0 Å². The van der Waals surface area contributed by atoms with Crippen LogP contribution in [0.1, 0.15) is 74.8 Å². The Balaban J connectivity index is 1.63. The van der Waals surface area contributed by atoms with E-state index in [0.29, 0.717) is 12.0 Å². The third-order valence-electron chi connectivity index (χ3n) is 7.50. The topological polar surface area (TPSA) is 53.1 Å². The number of anilines is 2. The van der Waals surface area contributed by atoms with Gasteiger partial charge in [-0.3, -0.25) is 0 Å². The molecule has 1 fully saturated rings. The molecule has 5 rings (SSSR count). The Morgan fingerprint density at radius 2 is 2.07 bits per heavy atom. The lowest BCUT2D eigenvalue weighted by atomic mass is 9.73. The maximum Gasteiger partial charge on any atom is 0.140 e. The molecule has 0 saturated carbocycles. The van der Waals surface area contributed by atoms with Crippen LogP contribution in [0.2, 0.25) is 0 Å². The molecule has 1 aromatic carbocycles. The van der Waals surface area contributed by atoms with Crippen LogP contribution in [0.3, 0.4) is 0 Å². The lowest BCUT2D eigenvalue weighted by molar-refractivity contribution is 0.326. The molecule has 2 aromatic rings. The Morgan fingerprint density at radius 3 is 2.83 bits per heavy atom. The van der Waals surface area contributed by atoms with E-state index in [2.05, 4.69) is 59.5 Å². The smallest absolute Gasteiger partial charge is 0.140 e. The van der Waals surface area contributed by atoms with Crippen LogP contribution in [0, 0.1) is 0 Å². The Labute approximate surface area is 180 Å². The normalized spacial score (nSPS) is 22.0. The van der Waals surface area contributed by atoms with E-state index < -0.39 is 0 Å². The molecule has 1 aliphatic carbocycles. The van der Waals surface area contributed by atoms with Crippen molar-refractivity contribution in [3.05, 3.63) is 46.9 Å². The van der Waals surface area contributed by atoms with Crippen LogP contribution in [-0.2, 0) is 18.4 Å². The molecule has 1 aromatic heterocycles. The number of nitrogens with zero attached hydrogens (tertiary/aromatic N) is 3. The van der Waals surface area contributed by atoms with E-state index >= 15 is 0 Å². The van der Waals surface area contributed by atoms with E-state index in [-0.39, 0.29) is 5.41 Å². The molecule has 3 heterocycles. The van der Waals surface area contributed by atoms with Crippen LogP contribution >= 0.6 is 0 Å². The van der Waals surface area contributed by atoms with Crippen molar-refractivity contribution in [2.45, 2.75) is 76.8 Å². The summed E-state index contributed by atoms with van der Waals surface area (Å²) in [7, 11) is 0. The van der Waals surface area contributed by atoms with Crippen molar-refractivity contribution in [3.8, 4) is 0 Å². The molecular weight excluding hydrogens is 370 g/mol. The minimum absolute atomic E-state index is 0.216. The van der Waals surface area contributed by atoms with Crippen molar-refractivity contribution in [3.63, 3.8) is 0 Å². The van der Waals surface area contributed by atoms with Crippen LogP contribution < -0.4 is 15.5 Å². The van der Waals surface area contributed by atoms with Gasteiger partial charge in [-0.05, 0) is 68.3 Å². The fourth-order valence-electron chi connectivity index (χ4n) is 5.97. The van der Waals surface area contributed by atoms with Crippen molar-refractivity contribution >= 4 is 11.5 Å². The van der Waals surface area contributed by atoms with Gasteiger partial charge >= 0.3 is 0 Å². The largest absolute Gasteiger partial charge is 0.325 e. The summed E-state index contributed by atoms with van der Waals surface area (Å²) in [5.74, 6) is 1.77. The number of hydrogen-bond acceptors (Lipinski definition) is 5. The zero-order chi connectivity index (χ0) is 20.7. The van der Waals surface area contributed by atoms with Gasteiger partial charge in [0.15, 0.2) is 0 Å². The Hall–Kier alpha value is -1.98. The molecule has 30 heavy (non-hydrogen) atoms. The molecule has 5 heteroatoms. The monoisotopic (exact) mass is 405 g/mol. The Morgan fingerprint density at radius 1 is 1.23 bits per heavy atom. The predicted molar refractivity (Wildman–Crippen MR) is 123 cm³/mol. The zero-order valence-corrected chi connectivity index (χ0v) is 18.7. The van der Waals surface area contributed by atoms with E-state index in [1.54, 1.807) is 11.9 Å². The van der Waals surface area contributed by atoms with Crippen molar-refractivity contribution in [1.82, 2.24) is 20.6 Å². The van der Waals surface area contributed by atoms with Gasteiger partial charge in [-0.1, -0.05) is 32.9 Å². The maximum atomic E-state index is 4.89. The molecule has 5 nitrogen and oxygen atoms in total. The predicted octanol–water partition coefficient (Wildman–Crippen LogP) is 4.19. The van der Waals surface area contributed by atoms with Gasteiger partial charge in [-0.2, -0.15) is 0 Å². The number of piperidine rings is 1. The van der Waals surface area contributed by atoms with Crippen LogP contribution in [0.5, 0.6) is 0 Å². The first-order chi connectivity index (χ1) is 14.6. The number of fused-ring (bicyclic) bond motifs is 3. The number of aromatic nitrogens is 2. The minimum atomic E-state index is 0.216. The molecule has 0 amide bonds. The van der Waals surface area contributed by atoms with E-state index in [0.717, 1.165) is 32.6 Å². The van der Waals surface area contributed by atoms with Crippen molar-refractivity contribution in [2.75, 3.05) is 24.5 Å². The Kier molecular flexibility index (Phi) is 5.28. The molecule has 2 aliphatic heterocycles. The first-order valence-corrected chi connectivity index (χ1v) is 11.8. The Bertz CT molecular complexity index is 916. The summed E-state index contributed by atoms with van der Waals surface area (Å²) >= 11 is 0. The molecule has 1 unspecified atom stereocenters. The summed E-state index contributed by atoms with van der Waals surface area (Å²) in [6, 6.07) is 7.38. The van der Waals surface area contributed by atoms with Crippen LogP contribution in [-0.4, -0.2) is 35.6 Å². The first-order valence-electron chi connectivity index (χ1n) is 11.8. The number of aryl methyl sites for hydroxylation is 1. The highest BCUT2D eigenvalue weighted by molar-refractivity contribution is 5.75. The fraction of sp³-hybridized carbons (Fsp3) is 0.600. The third-order valence-corrected chi connectivity index (χ3v) is 7.50. The quantitative estimate of drug-likeness (QED) is 0.781. The summed E-state index contributed by atoms with van der Waals surface area (Å²) in [5, 5.41) is 7.26.